The van der Waals surface area contributed by atoms with E-state index >= 15 is 0 Å². The second-order valence-electron chi connectivity index (χ2n) is 7.46. The first-order chi connectivity index (χ1) is 14.6. The predicted molar refractivity (Wildman–Crippen MR) is 113 cm³/mol. The lowest BCUT2D eigenvalue weighted by atomic mass is 9.91. The second-order valence-corrected chi connectivity index (χ2v) is 7.46. The van der Waals surface area contributed by atoms with Crippen LogP contribution in [-0.4, -0.2) is 36.2 Å². The lowest BCUT2D eigenvalue weighted by Gasteiger charge is -2.31. The molecule has 0 saturated carbocycles. The van der Waals surface area contributed by atoms with E-state index in [2.05, 4.69) is 10.6 Å². The number of ether oxygens (including phenoxy) is 3. The molecule has 31 heavy (non-hydrogen) atoms. The van der Waals surface area contributed by atoms with Crippen LogP contribution in [0.5, 0.6) is 11.5 Å². The van der Waals surface area contributed by atoms with E-state index in [4.69, 9.17) is 14.2 Å². The maximum absolute atomic E-state index is 13.0. The molecule has 170 valence electrons. The zero-order valence-corrected chi connectivity index (χ0v) is 18.6. The Bertz CT molecular complexity index is 893. The van der Waals surface area contributed by atoms with E-state index in [1.807, 2.05) is 13.8 Å². The van der Waals surface area contributed by atoms with Gasteiger partial charge in [0.25, 0.3) is 0 Å². The van der Waals surface area contributed by atoms with E-state index in [-0.39, 0.29) is 48.0 Å². The summed E-state index contributed by atoms with van der Waals surface area (Å²) in [6.45, 7) is 11.0. The zero-order chi connectivity index (χ0) is 23.3. The molecule has 0 spiro atoms. The van der Waals surface area contributed by atoms with Crippen molar-refractivity contribution in [2.45, 2.75) is 53.7 Å². The van der Waals surface area contributed by atoms with Crippen molar-refractivity contribution in [3.05, 3.63) is 39.1 Å². The van der Waals surface area contributed by atoms with Crippen molar-refractivity contribution in [2.75, 3.05) is 13.2 Å². The van der Waals surface area contributed by atoms with Gasteiger partial charge in [-0.05, 0) is 45.2 Å². The summed E-state index contributed by atoms with van der Waals surface area (Å²) < 4.78 is 16.4. The van der Waals surface area contributed by atoms with Crippen LogP contribution in [0.1, 0.15) is 53.1 Å². The summed E-state index contributed by atoms with van der Waals surface area (Å²) >= 11 is 0. The first-order valence-electron chi connectivity index (χ1n) is 10.2. The van der Waals surface area contributed by atoms with Crippen LogP contribution in [0.2, 0.25) is 0 Å². The van der Waals surface area contributed by atoms with E-state index in [0.29, 0.717) is 11.3 Å². The molecule has 2 amide bonds. The number of benzene rings is 1. The molecular formula is C21H29N3O7. The number of allylic oxidation sites excluding steroid dienone is 1. The average molecular weight is 435 g/mol. The minimum atomic E-state index is -0.967. The molecule has 1 aromatic carbocycles. The quantitative estimate of drug-likeness (QED) is 0.344. The molecule has 2 N–H and O–H groups in total. The molecule has 0 aromatic heterocycles. The fraction of sp³-hybridized carbons (Fsp3) is 0.524. The van der Waals surface area contributed by atoms with E-state index < -0.39 is 23.0 Å². The van der Waals surface area contributed by atoms with Crippen LogP contribution in [0.4, 0.5) is 10.5 Å². The number of urea groups is 1. The van der Waals surface area contributed by atoms with Crippen LogP contribution < -0.4 is 20.1 Å². The summed E-state index contributed by atoms with van der Waals surface area (Å²) in [4.78, 5) is 36.5. The third-order valence-electron chi connectivity index (χ3n) is 4.42. The third-order valence-corrected chi connectivity index (χ3v) is 4.42. The molecule has 0 bridgehead atoms. The van der Waals surface area contributed by atoms with Crippen molar-refractivity contribution in [2.24, 2.45) is 5.92 Å². The van der Waals surface area contributed by atoms with Gasteiger partial charge in [-0.15, -0.1) is 0 Å². The number of carbonyl (C=O) groups is 2. The van der Waals surface area contributed by atoms with Gasteiger partial charge in [-0.25, -0.2) is 9.59 Å². The Kier molecular flexibility index (Phi) is 7.84. The van der Waals surface area contributed by atoms with Crippen molar-refractivity contribution in [3.8, 4) is 11.5 Å². The summed E-state index contributed by atoms with van der Waals surface area (Å²) in [6.07, 6.45) is -0.389. The third kappa shape index (κ3) is 5.44. The highest BCUT2D eigenvalue weighted by molar-refractivity contribution is 5.95. The molecule has 1 atom stereocenters. The fourth-order valence-electron chi connectivity index (χ4n) is 3.26. The summed E-state index contributed by atoms with van der Waals surface area (Å²) in [5.41, 5.74) is 0.568. The smallest absolute Gasteiger partial charge is 0.338 e. The zero-order valence-electron chi connectivity index (χ0n) is 18.6. The van der Waals surface area contributed by atoms with Crippen molar-refractivity contribution < 1.29 is 28.7 Å². The first-order valence-corrected chi connectivity index (χ1v) is 10.2. The highest BCUT2D eigenvalue weighted by atomic mass is 16.6. The maximum atomic E-state index is 13.0. The molecule has 1 unspecified atom stereocenters. The van der Waals surface area contributed by atoms with Gasteiger partial charge in [0.2, 0.25) is 5.75 Å². The van der Waals surface area contributed by atoms with Crippen molar-refractivity contribution >= 4 is 17.7 Å². The van der Waals surface area contributed by atoms with Crippen molar-refractivity contribution in [3.63, 3.8) is 0 Å². The van der Waals surface area contributed by atoms with Crippen molar-refractivity contribution in [1.29, 1.82) is 0 Å². The summed E-state index contributed by atoms with van der Waals surface area (Å²) in [5.74, 6) is -0.667. The lowest BCUT2D eigenvalue weighted by molar-refractivity contribution is -0.386. The van der Waals surface area contributed by atoms with Gasteiger partial charge in [-0.3, -0.25) is 10.1 Å². The monoisotopic (exact) mass is 435 g/mol. The highest BCUT2D eigenvalue weighted by Crippen LogP contribution is 2.42. The Morgan fingerprint density at radius 1 is 1.16 bits per heavy atom. The van der Waals surface area contributed by atoms with Gasteiger partial charge >= 0.3 is 17.7 Å². The number of hydrogen-bond donors (Lipinski definition) is 2. The van der Waals surface area contributed by atoms with Crippen LogP contribution in [0.15, 0.2) is 23.4 Å². The van der Waals surface area contributed by atoms with E-state index in [1.54, 1.807) is 33.8 Å². The molecule has 1 aromatic rings. The van der Waals surface area contributed by atoms with Crippen LogP contribution in [-0.2, 0) is 9.53 Å². The molecule has 1 aliphatic heterocycles. The van der Waals surface area contributed by atoms with Gasteiger partial charge in [-0.2, -0.15) is 0 Å². The first kappa shape index (κ1) is 24.0. The Morgan fingerprint density at radius 3 is 2.32 bits per heavy atom. The summed E-state index contributed by atoms with van der Waals surface area (Å²) in [5, 5.41) is 17.1. The average Bonchev–Trinajstić information content (AvgIpc) is 2.67. The maximum Gasteiger partial charge on any atom is 0.338 e. The highest BCUT2D eigenvalue weighted by Gasteiger charge is 2.37. The Morgan fingerprint density at radius 2 is 1.81 bits per heavy atom. The minimum Gasteiger partial charge on any atom is -0.490 e. The molecular weight excluding hydrogens is 406 g/mol. The normalized spacial score (nSPS) is 16.1. The molecule has 10 nitrogen and oxygen atoms in total. The fourth-order valence-corrected chi connectivity index (χ4v) is 3.26. The SMILES string of the molecule is CCOc1cc(C2NC(=O)NC(C(C)C)=C2C(=O)OC(C)C)cc([N+](=O)[O-])c1OCC. The van der Waals surface area contributed by atoms with Gasteiger partial charge in [0.15, 0.2) is 5.75 Å². The standard InChI is InChI=1S/C21H29N3O7/c1-7-29-15-10-13(9-14(24(27)28)19(15)30-8-2)18-16(20(25)31-12(5)6)17(11(3)4)22-21(26)23-18/h9-12,18H,7-8H2,1-6H3,(H2,22,23,26). The Balaban J connectivity index is 2.74. The van der Waals surface area contributed by atoms with Crippen LogP contribution >= 0.6 is 0 Å². The number of esters is 1. The molecule has 0 aliphatic carbocycles. The minimum absolute atomic E-state index is 0.00210. The molecule has 0 radical (unpaired) electrons. The van der Waals surface area contributed by atoms with Gasteiger partial charge in [0.05, 0.1) is 35.9 Å². The van der Waals surface area contributed by atoms with E-state index in [1.165, 1.54) is 6.07 Å². The number of amides is 2. The number of rotatable bonds is 9. The second kappa shape index (κ2) is 10.1. The number of carbonyl (C=O) groups excluding carboxylic acids is 2. The van der Waals surface area contributed by atoms with Crippen LogP contribution in [0.25, 0.3) is 0 Å². The van der Waals surface area contributed by atoms with Gasteiger partial charge < -0.3 is 24.8 Å². The number of nitro groups is 1. The number of nitro benzene ring substituents is 1. The summed E-state index contributed by atoms with van der Waals surface area (Å²) in [6, 6.07) is 1.33. The Labute approximate surface area is 181 Å². The van der Waals surface area contributed by atoms with Crippen LogP contribution in [0.3, 0.4) is 0 Å². The Hall–Kier alpha value is -3.30. The molecule has 2 rings (SSSR count). The molecule has 1 heterocycles. The van der Waals surface area contributed by atoms with Gasteiger partial charge in [0, 0.05) is 11.8 Å². The number of nitrogens with zero attached hydrogens (tertiary/aromatic N) is 1. The van der Waals surface area contributed by atoms with Gasteiger partial charge in [-0.1, -0.05) is 13.8 Å². The van der Waals surface area contributed by atoms with E-state index in [9.17, 15) is 19.7 Å². The molecule has 0 fully saturated rings. The summed E-state index contributed by atoms with van der Waals surface area (Å²) in [7, 11) is 0. The molecule has 1 aliphatic rings. The van der Waals surface area contributed by atoms with Gasteiger partial charge in [0.1, 0.15) is 0 Å². The van der Waals surface area contributed by atoms with E-state index in [0.717, 1.165) is 0 Å². The topological polar surface area (TPSA) is 129 Å². The molecule has 0 saturated heterocycles. The molecule has 10 heteroatoms. The van der Waals surface area contributed by atoms with Crippen LogP contribution in [0, 0.1) is 16.0 Å². The number of nitrogens with one attached hydrogen (secondary N) is 2. The lowest BCUT2D eigenvalue weighted by Crippen LogP contribution is -2.47. The largest absolute Gasteiger partial charge is 0.490 e. The van der Waals surface area contributed by atoms with Crippen molar-refractivity contribution in [1.82, 2.24) is 10.6 Å². The number of hydrogen-bond acceptors (Lipinski definition) is 7. The predicted octanol–water partition coefficient (Wildman–Crippen LogP) is 3.61.